The highest BCUT2D eigenvalue weighted by Gasteiger charge is 2.48. The predicted molar refractivity (Wildman–Crippen MR) is 546 cm³/mol. The number of nitrogens with zero attached hydrogens (tertiary/aromatic N) is 22. The SMILES string of the molecule is CCN(C)CNc1nc(N(C)C2CC(C)(C)NC(C)(C)C2)nc(N(C)C2CC(C)(C)NC(C)(C)C2)n1.Cc1nc(N(C)CNc2nc(N(C)C3CC(C)(C)NC(C)(C)C3)nc(N(C)C3CC(C)(C)NC(C)(C)C3)n2)nc(N(C)C2CC(C)(C)NC(C)(C)C2)n1.Cc1nc(N2CCOCC2)nc(N(CCCCCCN(C)C2CC(C)(C)NC(C)(C)C2)C2CC(C)(C)NC(C)(C)C2)n1. The Morgan fingerprint density at radius 3 is 0.878 bits per heavy atom. The van der Waals surface area contributed by atoms with Gasteiger partial charge in [0.15, 0.2) is 0 Å². The van der Waals surface area contributed by atoms with Crippen molar-refractivity contribution in [3.8, 4) is 0 Å². The van der Waals surface area contributed by atoms with E-state index in [-0.39, 0.29) is 89.6 Å². The molecule has 0 aromatic carbocycles. The summed E-state index contributed by atoms with van der Waals surface area (Å²) in [5.74, 6) is 8.38. The quantitative estimate of drug-likeness (QED) is 0.0180. The van der Waals surface area contributed by atoms with Crippen LogP contribution in [0.1, 0.15) is 328 Å². The van der Waals surface area contributed by atoms with Crippen LogP contribution in [0.4, 0.5) is 59.5 Å². The molecule has 0 radical (unpaired) electrons. The summed E-state index contributed by atoms with van der Waals surface area (Å²) >= 11 is 0. The van der Waals surface area contributed by atoms with Crippen molar-refractivity contribution in [1.82, 2.24) is 107 Å². The van der Waals surface area contributed by atoms with E-state index in [1.54, 1.807) is 0 Å². The fourth-order valence-electron chi connectivity index (χ4n) is 24.6. The first-order valence-corrected chi connectivity index (χ1v) is 49.9. The molecule has 0 saturated carbocycles. The van der Waals surface area contributed by atoms with Gasteiger partial charge < -0.3 is 96.7 Å². The van der Waals surface area contributed by atoms with E-state index in [1.807, 2.05) is 25.8 Å². The van der Waals surface area contributed by atoms with E-state index >= 15 is 0 Å². The molecule has 0 aliphatic carbocycles. The molecule has 12 heterocycles. The van der Waals surface area contributed by atoms with Crippen molar-refractivity contribution >= 4 is 59.5 Å². The molecule has 0 bridgehead atoms. The summed E-state index contributed by atoms with van der Waals surface area (Å²) in [5.41, 5.74) is 0.647. The van der Waals surface area contributed by atoms with Crippen molar-refractivity contribution in [3.05, 3.63) is 11.6 Å². The highest BCUT2D eigenvalue weighted by Crippen LogP contribution is 2.42. The van der Waals surface area contributed by atoms with E-state index in [0.717, 1.165) is 152 Å². The number of ether oxygens (including phenoxy) is 1. The minimum Gasteiger partial charge on any atom is -0.378 e. The van der Waals surface area contributed by atoms with E-state index in [4.69, 9.17) is 64.5 Å². The number of aromatic nitrogens is 12. The minimum atomic E-state index is -0.0146. The summed E-state index contributed by atoms with van der Waals surface area (Å²) in [6.45, 7) is 77.8. The Bertz CT molecular complexity index is 4120. The van der Waals surface area contributed by atoms with E-state index in [9.17, 15) is 0 Å². The first-order valence-electron chi connectivity index (χ1n) is 49.9. The Labute approximate surface area is 794 Å². The van der Waals surface area contributed by atoms with Crippen LogP contribution in [0.3, 0.4) is 0 Å². The van der Waals surface area contributed by atoms with Gasteiger partial charge in [-0.15, -0.1) is 0 Å². The number of anilines is 10. The monoisotopic (exact) mass is 1830 g/mol. The maximum Gasteiger partial charge on any atom is 0.231 e. The number of piperidine rings is 7. The zero-order valence-corrected chi connectivity index (χ0v) is 89.9. The fraction of sp³-hybridized carbons (Fsp3) is 0.879. The molecule has 0 atom stereocenters. The number of rotatable bonds is 29. The van der Waals surface area contributed by atoms with Crippen LogP contribution in [0.2, 0.25) is 0 Å². The Balaban J connectivity index is 0.000000208. The van der Waals surface area contributed by atoms with Gasteiger partial charge >= 0.3 is 0 Å². The lowest BCUT2D eigenvalue weighted by atomic mass is 9.79. The van der Waals surface area contributed by atoms with Gasteiger partial charge in [-0.05, 0) is 338 Å². The van der Waals surface area contributed by atoms with Gasteiger partial charge in [-0.1, -0.05) is 19.8 Å². The molecule has 9 N–H and O–H groups in total. The third-order valence-corrected chi connectivity index (χ3v) is 28.3. The average Bonchev–Trinajstić information content (AvgIpc) is 0.768. The molecular weight excluding hydrogens is 1640 g/mol. The second-order valence-corrected chi connectivity index (χ2v) is 50.4. The molecule has 32 heteroatoms. The normalized spacial score (nSPS) is 23.8. The van der Waals surface area contributed by atoms with Crippen LogP contribution in [0.15, 0.2) is 0 Å². The number of hydrogen-bond donors (Lipinski definition) is 9. The number of morpholine rings is 1. The lowest BCUT2D eigenvalue weighted by Crippen LogP contribution is -2.62. The molecule has 12 rings (SSSR count). The highest BCUT2D eigenvalue weighted by molar-refractivity contribution is 5.50. The Hall–Kier alpha value is -6.36. The maximum absolute atomic E-state index is 5.59. The first-order chi connectivity index (χ1) is 60.1. The summed E-state index contributed by atoms with van der Waals surface area (Å²) in [6.07, 6.45) is 19.5. The van der Waals surface area contributed by atoms with Crippen molar-refractivity contribution in [2.75, 3.05) is 165 Å². The zero-order valence-electron chi connectivity index (χ0n) is 89.9. The first kappa shape index (κ1) is 107. The topological polar surface area (TPSA) is 305 Å². The van der Waals surface area contributed by atoms with Crippen molar-refractivity contribution in [2.45, 2.75) is 450 Å². The van der Waals surface area contributed by atoms with Crippen LogP contribution < -0.4 is 87.1 Å². The van der Waals surface area contributed by atoms with Crippen LogP contribution in [0, 0.1) is 13.8 Å². The van der Waals surface area contributed by atoms with Gasteiger partial charge in [-0.25, -0.2) is 0 Å². The van der Waals surface area contributed by atoms with Crippen LogP contribution in [-0.2, 0) is 4.74 Å². The van der Waals surface area contributed by atoms with Gasteiger partial charge in [0.1, 0.15) is 11.6 Å². The van der Waals surface area contributed by atoms with Gasteiger partial charge in [-0.2, -0.15) is 59.8 Å². The summed E-state index contributed by atoms with van der Waals surface area (Å²) in [4.78, 5) is 82.2. The van der Waals surface area contributed by atoms with Gasteiger partial charge in [0, 0.05) is 182 Å². The number of aryl methyl sites for hydroxylation is 2. The molecule has 32 nitrogen and oxygen atoms in total. The summed E-state index contributed by atoms with van der Waals surface area (Å²) in [6, 6.07) is 2.50. The Morgan fingerprint density at radius 1 is 0.298 bits per heavy atom. The standard InChI is InChI=1S/C39H72N14.C33H62N8O.C27H53N9/c1-25-41-30(45-31(42-25)51(15)26-18-34(2,3)47-35(4,5)19-26)50(14)24-40-29-43-32(52(16)27-20-36(6,7)48-37(8,9)21-27)46-33(44-29)53(17)28-22-38(10,11)49-39(12,13)23-28;1-25-34-28(40-17-19-42-20-18-40)36-29(35-25)41(27-23-32(6,7)38-33(8,9)24-27)16-14-12-11-13-15-39(10)26-21-30(2,3)37-31(4,5)22-26;1-13-34(10)18-28-21-29-22(35(11)19-14-24(2,3)32-25(4,5)15-19)31-23(30-21)36(12)20-16-26(6,7)33-27(8,9)17-20/h26-28,47-49H,18-24H2,1-17H3,(H,40,43,44,46);26-27,37-38H,11-24H2,1-10H3;19-20,32-33H,13-18H2,1-12H3,(H,28,29,30,31). The molecule has 8 saturated heterocycles. The number of hydrogen-bond acceptors (Lipinski definition) is 32. The summed E-state index contributed by atoms with van der Waals surface area (Å²) in [7, 11) is 17.1. The smallest absolute Gasteiger partial charge is 0.231 e. The van der Waals surface area contributed by atoms with E-state index in [0.29, 0.717) is 85.1 Å². The van der Waals surface area contributed by atoms with Gasteiger partial charge in [-0.3, -0.25) is 4.90 Å². The Kier molecular flexibility index (Phi) is 33.2. The van der Waals surface area contributed by atoms with E-state index < -0.39 is 0 Å². The second kappa shape index (κ2) is 40.7. The highest BCUT2D eigenvalue weighted by atomic mass is 16.5. The number of unbranched alkanes of at least 4 members (excludes halogenated alkanes) is 3. The third-order valence-electron chi connectivity index (χ3n) is 28.3. The lowest BCUT2D eigenvalue weighted by molar-refractivity contribution is 0.0805. The van der Waals surface area contributed by atoms with E-state index in [2.05, 4.69) is 342 Å². The predicted octanol–water partition coefficient (Wildman–Crippen LogP) is 13.7. The van der Waals surface area contributed by atoms with Crippen LogP contribution in [0.5, 0.6) is 0 Å². The van der Waals surface area contributed by atoms with Crippen molar-refractivity contribution in [1.29, 1.82) is 0 Å². The largest absolute Gasteiger partial charge is 0.378 e. The molecule has 0 unspecified atom stereocenters. The lowest BCUT2D eigenvalue weighted by Gasteiger charge is -2.49. The molecule has 8 aliphatic rings. The average molecular weight is 1830 g/mol. The summed E-state index contributed by atoms with van der Waals surface area (Å²) in [5, 5.41) is 33.7. The fourth-order valence-corrected chi connectivity index (χ4v) is 24.6. The van der Waals surface area contributed by atoms with Crippen LogP contribution in [0.25, 0.3) is 0 Å². The molecular formula is C99H187N31O. The molecule has 8 fully saturated rings. The second-order valence-electron chi connectivity index (χ2n) is 50.4. The van der Waals surface area contributed by atoms with Crippen molar-refractivity contribution in [3.63, 3.8) is 0 Å². The van der Waals surface area contributed by atoms with Gasteiger partial charge in [0.25, 0.3) is 0 Å². The summed E-state index contributed by atoms with van der Waals surface area (Å²) < 4.78 is 5.59. The van der Waals surface area contributed by atoms with Gasteiger partial charge in [0.2, 0.25) is 59.5 Å². The van der Waals surface area contributed by atoms with Crippen molar-refractivity contribution in [2.24, 2.45) is 0 Å². The molecule has 4 aromatic rings. The molecule has 744 valence electrons. The molecule has 4 aromatic heterocycles. The molecule has 8 aliphatic heterocycles. The number of nitrogens with one attached hydrogen (secondary N) is 9. The zero-order chi connectivity index (χ0) is 97.4. The minimum absolute atomic E-state index is 0.0112. The maximum atomic E-state index is 5.59. The van der Waals surface area contributed by atoms with Crippen molar-refractivity contribution < 1.29 is 4.74 Å². The van der Waals surface area contributed by atoms with Crippen LogP contribution in [-0.4, -0.2) is 305 Å². The van der Waals surface area contributed by atoms with Gasteiger partial charge in [0.05, 0.1) is 26.6 Å². The van der Waals surface area contributed by atoms with E-state index in [1.165, 1.54) is 38.6 Å². The molecule has 131 heavy (non-hydrogen) atoms. The van der Waals surface area contributed by atoms with Crippen LogP contribution >= 0.6 is 0 Å². The third kappa shape index (κ3) is 31.1. The molecule has 0 amide bonds. The molecule has 0 spiro atoms. The Morgan fingerprint density at radius 2 is 0.557 bits per heavy atom.